The molecule has 0 aliphatic rings. The Hall–Kier alpha value is -6.06. The van der Waals surface area contributed by atoms with Crippen molar-refractivity contribution in [3.05, 3.63) is 157 Å². The highest BCUT2D eigenvalue weighted by Crippen LogP contribution is 2.36. The second-order valence-electron chi connectivity index (χ2n) is 11.8. The molecule has 3 heteroatoms. The maximum absolute atomic E-state index is 6.40. The third kappa shape index (κ3) is 3.85. The molecular formula is C43H30N2O. The van der Waals surface area contributed by atoms with E-state index in [4.69, 9.17) is 4.42 Å². The summed E-state index contributed by atoms with van der Waals surface area (Å²) in [7, 11) is 0. The van der Waals surface area contributed by atoms with Crippen molar-refractivity contribution in [3.63, 3.8) is 0 Å². The maximum atomic E-state index is 6.40. The minimum absolute atomic E-state index is 0.873. The predicted molar refractivity (Wildman–Crippen MR) is 194 cm³/mol. The molecule has 218 valence electrons. The molecule has 0 unspecified atom stereocenters. The van der Waals surface area contributed by atoms with Crippen LogP contribution in [0.25, 0.3) is 89.3 Å². The molecule has 0 aliphatic carbocycles. The van der Waals surface area contributed by atoms with Gasteiger partial charge in [0, 0.05) is 43.5 Å². The Kier molecular flexibility index (Phi) is 5.87. The second kappa shape index (κ2) is 10.3. The van der Waals surface area contributed by atoms with E-state index in [0.717, 1.165) is 44.2 Å². The molecule has 0 atom stereocenters. The Morgan fingerprint density at radius 3 is 1.74 bits per heavy atom. The van der Waals surface area contributed by atoms with Gasteiger partial charge in [0.05, 0.1) is 21.9 Å². The summed E-state index contributed by atoms with van der Waals surface area (Å²) < 4.78 is 11.1. The van der Waals surface area contributed by atoms with E-state index >= 15 is 0 Å². The van der Waals surface area contributed by atoms with Crippen LogP contribution in [0, 0.1) is 0 Å². The van der Waals surface area contributed by atoms with Crippen molar-refractivity contribution < 1.29 is 4.42 Å². The van der Waals surface area contributed by atoms with Gasteiger partial charge in [0.2, 0.25) is 0 Å². The molecule has 0 radical (unpaired) electrons. The third-order valence-electron chi connectivity index (χ3n) is 9.25. The molecule has 3 heterocycles. The van der Waals surface area contributed by atoms with Crippen LogP contribution in [0.1, 0.15) is 6.92 Å². The summed E-state index contributed by atoms with van der Waals surface area (Å²) in [6.45, 7) is 6.17. The zero-order chi connectivity index (χ0) is 30.8. The van der Waals surface area contributed by atoms with E-state index in [-0.39, 0.29) is 0 Å². The average molecular weight is 591 g/mol. The van der Waals surface area contributed by atoms with Crippen molar-refractivity contribution in [2.75, 3.05) is 0 Å². The van der Waals surface area contributed by atoms with Gasteiger partial charge in [0.25, 0.3) is 0 Å². The number of nitrogens with zero attached hydrogens (tertiary/aromatic N) is 2. The van der Waals surface area contributed by atoms with Crippen LogP contribution in [0.4, 0.5) is 0 Å². The highest BCUT2D eigenvalue weighted by Gasteiger charge is 2.16. The van der Waals surface area contributed by atoms with Crippen molar-refractivity contribution in [1.29, 1.82) is 0 Å². The molecule has 3 aromatic heterocycles. The number of rotatable bonds is 4. The molecule has 9 rings (SSSR count). The smallest absolute Gasteiger partial charge is 0.135 e. The first kappa shape index (κ1) is 26.4. The van der Waals surface area contributed by atoms with Crippen molar-refractivity contribution >= 4 is 66.8 Å². The lowest BCUT2D eigenvalue weighted by molar-refractivity contribution is 0.669. The molecular weight excluding hydrogens is 560 g/mol. The van der Waals surface area contributed by atoms with Crippen molar-refractivity contribution in [2.45, 2.75) is 6.92 Å². The van der Waals surface area contributed by atoms with Crippen LogP contribution < -0.4 is 10.6 Å². The fourth-order valence-electron chi connectivity index (χ4n) is 7.23. The number of furan rings is 1. The van der Waals surface area contributed by atoms with E-state index < -0.39 is 0 Å². The molecule has 9 aromatic rings. The Labute approximate surface area is 265 Å². The first-order valence-electron chi connectivity index (χ1n) is 15.7. The molecule has 6 aromatic carbocycles. The van der Waals surface area contributed by atoms with Gasteiger partial charge in [0.15, 0.2) is 0 Å². The number of hydrogen-bond acceptors (Lipinski definition) is 1. The van der Waals surface area contributed by atoms with Gasteiger partial charge in [-0.25, -0.2) is 0 Å². The number of benzene rings is 6. The lowest BCUT2D eigenvalue weighted by Gasteiger charge is -2.09. The molecule has 0 aliphatic heterocycles. The number of hydrogen-bond donors (Lipinski definition) is 0. The number of allylic oxidation sites excluding steroid dienone is 1. The van der Waals surface area contributed by atoms with Crippen LogP contribution >= 0.6 is 0 Å². The number of para-hydroxylation sites is 2. The lowest BCUT2D eigenvalue weighted by atomic mass is 10.0. The van der Waals surface area contributed by atoms with Crippen LogP contribution in [0.5, 0.6) is 0 Å². The van der Waals surface area contributed by atoms with Crippen LogP contribution in [-0.4, -0.2) is 9.13 Å². The normalized spacial score (nSPS) is 12.8. The van der Waals surface area contributed by atoms with Crippen molar-refractivity contribution in [3.8, 4) is 22.5 Å². The van der Waals surface area contributed by atoms with Crippen LogP contribution in [0.15, 0.2) is 151 Å². The van der Waals surface area contributed by atoms with Gasteiger partial charge in [-0.3, -0.25) is 0 Å². The molecule has 0 N–H and O–H groups in total. The van der Waals surface area contributed by atoms with E-state index in [2.05, 4.69) is 168 Å². The molecule has 0 fully saturated rings. The van der Waals surface area contributed by atoms with Crippen LogP contribution in [0.2, 0.25) is 0 Å². The van der Waals surface area contributed by atoms with E-state index in [9.17, 15) is 0 Å². The summed E-state index contributed by atoms with van der Waals surface area (Å²) in [4.78, 5) is 0. The third-order valence-corrected chi connectivity index (χ3v) is 9.25. The van der Waals surface area contributed by atoms with E-state index in [1.54, 1.807) is 0 Å². The summed E-state index contributed by atoms with van der Waals surface area (Å²) in [5.41, 5.74) is 9.89. The van der Waals surface area contributed by atoms with Gasteiger partial charge in [-0.1, -0.05) is 91.5 Å². The summed E-state index contributed by atoms with van der Waals surface area (Å²) in [5, 5.41) is 8.20. The monoisotopic (exact) mass is 590 g/mol. The van der Waals surface area contributed by atoms with E-state index in [1.807, 2.05) is 6.08 Å². The van der Waals surface area contributed by atoms with Gasteiger partial charge in [0.1, 0.15) is 11.2 Å². The molecule has 0 bridgehead atoms. The summed E-state index contributed by atoms with van der Waals surface area (Å²) in [5.74, 6) is 0. The first-order valence-corrected chi connectivity index (χ1v) is 15.7. The molecule has 46 heavy (non-hydrogen) atoms. The Bertz CT molecular complexity index is 2720. The van der Waals surface area contributed by atoms with Gasteiger partial charge in [-0.15, -0.1) is 0 Å². The van der Waals surface area contributed by atoms with Gasteiger partial charge < -0.3 is 13.6 Å². The van der Waals surface area contributed by atoms with E-state index in [0.29, 0.717) is 0 Å². The van der Waals surface area contributed by atoms with E-state index in [1.165, 1.54) is 43.5 Å². The maximum Gasteiger partial charge on any atom is 0.135 e. The Morgan fingerprint density at radius 2 is 1.11 bits per heavy atom. The second-order valence-corrected chi connectivity index (χ2v) is 11.8. The highest BCUT2D eigenvalue weighted by atomic mass is 16.3. The molecule has 0 spiro atoms. The van der Waals surface area contributed by atoms with Crippen molar-refractivity contribution in [2.24, 2.45) is 0 Å². The SMILES string of the molecule is C=C/C=c1\c(=C/C)c2cc(-c3ccccc3)ccc2n1-c1ccc2oc3ccc(-n4c5ccccc5c5ccccc54)cc3c2c1. The largest absolute Gasteiger partial charge is 0.456 e. The average Bonchev–Trinajstić information content (AvgIpc) is 3.75. The first-order chi connectivity index (χ1) is 22.7. The summed E-state index contributed by atoms with van der Waals surface area (Å²) in [6.07, 6.45) is 6.18. The quantitative estimate of drug-likeness (QED) is 0.200. The zero-order valence-electron chi connectivity index (χ0n) is 25.4. The fraction of sp³-hybridized carbons (Fsp3) is 0.0233. The standard InChI is InChI=1S/C43H30N2O/c1-3-12-38-32(4-2)35-25-29(28-13-6-5-7-14-28)19-22-41(35)44(38)30-20-23-42-36(26-30)37-27-31(21-24-43(37)46-42)45-39-17-10-8-15-33(39)34-16-9-11-18-40(34)45/h3-27H,1H2,2H3/b32-4-,38-12+. The molecule has 0 saturated heterocycles. The number of aromatic nitrogens is 2. The van der Waals surface area contributed by atoms with Gasteiger partial charge >= 0.3 is 0 Å². The zero-order valence-corrected chi connectivity index (χ0v) is 25.4. The topological polar surface area (TPSA) is 23.0 Å². The fourth-order valence-corrected chi connectivity index (χ4v) is 7.23. The highest BCUT2D eigenvalue weighted by molar-refractivity contribution is 6.10. The Balaban J connectivity index is 1.29. The van der Waals surface area contributed by atoms with Crippen LogP contribution in [0.3, 0.4) is 0 Å². The number of fused-ring (bicyclic) bond motifs is 7. The lowest BCUT2D eigenvalue weighted by Crippen LogP contribution is -2.27. The summed E-state index contributed by atoms with van der Waals surface area (Å²) in [6, 6.07) is 47.6. The molecule has 3 nitrogen and oxygen atoms in total. The van der Waals surface area contributed by atoms with Crippen molar-refractivity contribution in [1.82, 2.24) is 9.13 Å². The van der Waals surface area contributed by atoms with Crippen LogP contribution in [-0.2, 0) is 0 Å². The minimum Gasteiger partial charge on any atom is -0.456 e. The minimum atomic E-state index is 0.873. The summed E-state index contributed by atoms with van der Waals surface area (Å²) >= 11 is 0. The van der Waals surface area contributed by atoms with Gasteiger partial charge in [-0.2, -0.15) is 0 Å². The Morgan fingerprint density at radius 1 is 0.522 bits per heavy atom. The molecule has 0 amide bonds. The van der Waals surface area contributed by atoms with Gasteiger partial charge in [-0.05, 0) is 84.8 Å². The predicted octanol–water partition coefficient (Wildman–Crippen LogP) is 10.1. The molecule has 0 saturated carbocycles.